The summed E-state index contributed by atoms with van der Waals surface area (Å²) in [5.41, 5.74) is 1.93. The minimum absolute atomic E-state index is 0.00595. The molecule has 1 aromatic rings. The molecule has 3 heterocycles. The van der Waals surface area contributed by atoms with Gasteiger partial charge in [-0.05, 0) is 38.5 Å². The number of thioether (sulfide) groups is 1. The number of ether oxygens (including phenoxy) is 1. The number of aryl methyl sites for hydroxylation is 1. The molecule has 0 saturated carbocycles. The van der Waals surface area contributed by atoms with E-state index in [0.717, 1.165) is 67.3 Å². The number of carbonyl (C=O) groups excluding carboxylic acids is 1. The fourth-order valence-electron chi connectivity index (χ4n) is 3.78. The Kier molecular flexibility index (Phi) is 4.63. The highest BCUT2D eigenvalue weighted by molar-refractivity contribution is 7.99. The second kappa shape index (κ2) is 6.88. The van der Waals surface area contributed by atoms with Gasteiger partial charge in [0.1, 0.15) is 0 Å². The Hall–Kier alpha value is -1.34. The Morgan fingerprint density at radius 1 is 1.33 bits per heavy atom. The highest BCUT2D eigenvalue weighted by Gasteiger charge is 2.30. The summed E-state index contributed by atoms with van der Waals surface area (Å²) in [6.07, 6.45) is 6.47. The average molecular weight is 349 g/mol. The van der Waals surface area contributed by atoms with Crippen molar-refractivity contribution in [1.29, 1.82) is 0 Å². The number of aromatic nitrogens is 2. The van der Waals surface area contributed by atoms with Crippen LogP contribution >= 0.6 is 11.8 Å². The smallest absolute Gasteiger partial charge is 0.257 e. The maximum atomic E-state index is 12.8. The van der Waals surface area contributed by atoms with Crippen LogP contribution in [0.25, 0.3) is 0 Å². The molecule has 1 aromatic heterocycles. The summed E-state index contributed by atoms with van der Waals surface area (Å²) < 4.78 is 7.29. The normalized spacial score (nSPS) is 25.3. The first kappa shape index (κ1) is 16.1. The summed E-state index contributed by atoms with van der Waals surface area (Å²) >= 11 is 1.60. The Balaban J connectivity index is 1.45. The molecular formula is C17H23N3O3S. The highest BCUT2D eigenvalue weighted by Crippen LogP contribution is 2.33. The molecule has 0 spiro atoms. The van der Waals surface area contributed by atoms with Gasteiger partial charge in [-0.25, -0.2) is 4.98 Å². The second-order valence-corrected chi connectivity index (χ2v) is 7.80. The quantitative estimate of drug-likeness (QED) is 0.833. The minimum atomic E-state index is -0.0817. The number of rotatable bonds is 4. The SMILES string of the molecule is O=C(CC1CSc2nc3c(c(=O)n21)CCCC3)NCC1CCCO1. The lowest BCUT2D eigenvalue weighted by Gasteiger charge is -2.19. The molecule has 130 valence electrons. The Labute approximate surface area is 145 Å². The first-order valence-electron chi connectivity index (χ1n) is 8.88. The molecule has 6 nitrogen and oxygen atoms in total. The molecule has 0 aromatic carbocycles. The van der Waals surface area contributed by atoms with Gasteiger partial charge in [-0.1, -0.05) is 11.8 Å². The number of amides is 1. The molecule has 4 rings (SSSR count). The maximum absolute atomic E-state index is 12.8. The third-order valence-corrected chi connectivity index (χ3v) is 6.19. The number of nitrogens with zero attached hydrogens (tertiary/aromatic N) is 2. The van der Waals surface area contributed by atoms with Crippen molar-refractivity contribution in [3.8, 4) is 0 Å². The molecule has 2 atom stereocenters. The van der Waals surface area contributed by atoms with E-state index < -0.39 is 0 Å². The summed E-state index contributed by atoms with van der Waals surface area (Å²) in [5, 5.41) is 3.74. The van der Waals surface area contributed by atoms with Crippen molar-refractivity contribution in [3.63, 3.8) is 0 Å². The zero-order valence-corrected chi connectivity index (χ0v) is 14.6. The third kappa shape index (κ3) is 3.11. The molecule has 2 aliphatic heterocycles. The van der Waals surface area contributed by atoms with Crippen LogP contribution in [0.1, 0.15) is 49.4 Å². The number of nitrogens with one attached hydrogen (secondary N) is 1. The molecule has 1 saturated heterocycles. The summed E-state index contributed by atoms with van der Waals surface area (Å²) in [5.74, 6) is 0.743. The van der Waals surface area contributed by atoms with Gasteiger partial charge >= 0.3 is 0 Å². The second-order valence-electron chi connectivity index (χ2n) is 6.81. The third-order valence-electron chi connectivity index (χ3n) is 5.09. The van der Waals surface area contributed by atoms with E-state index in [1.807, 2.05) is 0 Å². The Morgan fingerprint density at radius 2 is 2.21 bits per heavy atom. The lowest BCUT2D eigenvalue weighted by Crippen LogP contribution is -2.36. The van der Waals surface area contributed by atoms with E-state index in [1.54, 1.807) is 16.3 Å². The van der Waals surface area contributed by atoms with Crippen molar-refractivity contribution >= 4 is 17.7 Å². The van der Waals surface area contributed by atoms with Gasteiger partial charge in [0.2, 0.25) is 5.91 Å². The summed E-state index contributed by atoms with van der Waals surface area (Å²) in [4.78, 5) is 29.8. The predicted molar refractivity (Wildman–Crippen MR) is 91.5 cm³/mol. The molecule has 24 heavy (non-hydrogen) atoms. The summed E-state index contributed by atoms with van der Waals surface area (Å²) in [7, 11) is 0. The van der Waals surface area contributed by atoms with E-state index in [4.69, 9.17) is 9.72 Å². The molecule has 1 fully saturated rings. The largest absolute Gasteiger partial charge is 0.376 e. The van der Waals surface area contributed by atoms with Crippen LogP contribution in [0.2, 0.25) is 0 Å². The van der Waals surface area contributed by atoms with Gasteiger partial charge in [0.25, 0.3) is 5.56 Å². The molecule has 0 radical (unpaired) electrons. The van der Waals surface area contributed by atoms with Gasteiger partial charge < -0.3 is 10.1 Å². The monoisotopic (exact) mass is 349 g/mol. The van der Waals surface area contributed by atoms with Crippen LogP contribution in [0.4, 0.5) is 0 Å². The molecule has 1 aliphatic carbocycles. The summed E-state index contributed by atoms with van der Waals surface area (Å²) in [6, 6.07) is -0.0817. The van der Waals surface area contributed by atoms with Crippen molar-refractivity contribution in [2.24, 2.45) is 0 Å². The van der Waals surface area contributed by atoms with E-state index in [9.17, 15) is 9.59 Å². The van der Waals surface area contributed by atoms with Crippen LogP contribution in [0.5, 0.6) is 0 Å². The van der Waals surface area contributed by atoms with Crippen LogP contribution in [0.3, 0.4) is 0 Å². The first-order chi connectivity index (χ1) is 11.7. The van der Waals surface area contributed by atoms with Crippen LogP contribution in [0, 0.1) is 0 Å². The van der Waals surface area contributed by atoms with Crippen LogP contribution in [-0.2, 0) is 22.4 Å². The van der Waals surface area contributed by atoms with Gasteiger partial charge in [0.15, 0.2) is 5.16 Å². The van der Waals surface area contributed by atoms with E-state index in [-0.39, 0.29) is 23.6 Å². The Bertz CT molecular complexity index is 697. The molecule has 3 aliphatic rings. The number of hydrogen-bond donors (Lipinski definition) is 1. The molecule has 2 unspecified atom stereocenters. The van der Waals surface area contributed by atoms with Gasteiger partial charge in [-0.3, -0.25) is 14.2 Å². The van der Waals surface area contributed by atoms with Crippen LogP contribution in [-0.4, -0.2) is 40.5 Å². The predicted octanol–water partition coefficient (Wildman–Crippen LogP) is 1.45. The van der Waals surface area contributed by atoms with E-state index in [0.29, 0.717) is 13.0 Å². The zero-order chi connectivity index (χ0) is 16.5. The van der Waals surface area contributed by atoms with E-state index >= 15 is 0 Å². The van der Waals surface area contributed by atoms with Gasteiger partial charge in [0.05, 0.1) is 17.8 Å². The maximum Gasteiger partial charge on any atom is 0.257 e. The highest BCUT2D eigenvalue weighted by atomic mass is 32.2. The fraction of sp³-hybridized carbons (Fsp3) is 0.706. The van der Waals surface area contributed by atoms with Gasteiger partial charge in [0, 0.05) is 30.9 Å². The lowest BCUT2D eigenvalue weighted by atomic mass is 9.97. The van der Waals surface area contributed by atoms with Crippen molar-refractivity contribution in [1.82, 2.24) is 14.9 Å². The molecule has 0 bridgehead atoms. The van der Waals surface area contributed by atoms with Crippen LogP contribution < -0.4 is 10.9 Å². The zero-order valence-electron chi connectivity index (χ0n) is 13.8. The van der Waals surface area contributed by atoms with Crippen molar-refractivity contribution in [2.45, 2.75) is 62.2 Å². The van der Waals surface area contributed by atoms with Crippen molar-refractivity contribution in [2.75, 3.05) is 18.9 Å². The molecule has 7 heteroatoms. The topological polar surface area (TPSA) is 73.2 Å². The number of fused-ring (bicyclic) bond motifs is 2. The molecule has 1 amide bonds. The minimum Gasteiger partial charge on any atom is -0.376 e. The number of carbonyl (C=O) groups is 1. The van der Waals surface area contributed by atoms with E-state index in [2.05, 4.69) is 5.32 Å². The van der Waals surface area contributed by atoms with Crippen LogP contribution in [0.15, 0.2) is 9.95 Å². The first-order valence-corrected chi connectivity index (χ1v) is 9.86. The standard InChI is InChI=1S/C17H23N3O3S/c21-15(18-9-12-4-3-7-23-12)8-11-10-24-17-19-14-6-2-1-5-13(14)16(22)20(11)17/h11-12H,1-10H2,(H,18,21). The Morgan fingerprint density at radius 3 is 3.04 bits per heavy atom. The fourth-order valence-corrected chi connectivity index (χ4v) is 4.94. The molecular weight excluding hydrogens is 326 g/mol. The van der Waals surface area contributed by atoms with Gasteiger partial charge in [-0.15, -0.1) is 0 Å². The lowest BCUT2D eigenvalue weighted by molar-refractivity contribution is -0.122. The van der Waals surface area contributed by atoms with Crippen molar-refractivity contribution < 1.29 is 9.53 Å². The number of hydrogen-bond acceptors (Lipinski definition) is 5. The van der Waals surface area contributed by atoms with E-state index in [1.165, 1.54) is 0 Å². The summed E-state index contributed by atoms with van der Waals surface area (Å²) in [6.45, 7) is 1.36. The molecule has 1 N–H and O–H groups in total. The average Bonchev–Trinajstić information content (AvgIpc) is 3.23. The van der Waals surface area contributed by atoms with Crippen molar-refractivity contribution in [3.05, 3.63) is 21.6 Å². The van der Waals surface area contributed by atoms with Gasteiger partial charge in [-0.2, -0.15) is 0 Å².